The molecule has 0 radical (unpaired) electrons. The maximum absolute atomic E-state index is 11.5. The number of aromatic nitrogens is 2. The number of hydrogen-bond donors (Lipinski definition) is 2. The van der Waals surface area contributed by atoms with Crippen molar-refractivity contribution >= 4 is 11.8 Å². The van der Waals surface area contributed by atoms with Gasteiger partial charge in [0, 0.05) is 23.6 Å². The van der Waals surface area contributed by atoms with Gasteiger partial charge >= 0.3 is 0 Å². The van der Waals surface area contributed by atoms with Gasteiger partial charge in [-0.2, -0.15) is 0 Å². The van der Waals surface area contributed by atoms with Crippen LogP contribution in [0.1, 0.15) is 38.8 Å². The first-order valence-electron chi connectivity index (χ1n) is 6.59. The third kappa shape index (κ3) is 5.23. The van der Waals surface area contributed by atoms with E-state index in [-0.39, 0.29) is 5.56 Å². The van der Waals surface area contributed by atoms with Gasteiger partial charge in [-0.15, -0.1) is 0 Å². The quantitative estimate of drug-likeness (QED) is 0.561. The molecule has 1 rings (SSSR count). The SMILES string of the molecule is CCCc1cc(=O)[nH]c(SCC(CCC)NC)n1. The Hall–Kier alpha value is -0.810. The molecule has 0 saturated heterocycles. The molecule has 0 aliphatic carbocycles. The monoisotopic (exact) mass is 269 g/mol. The number of aromatic amines is 1. The van der Waals surface area contributed by atoms with Crippen LogP contribution >= 0.6 is 11.8 Å². The van der Waals surface area contributed by atoms with Crippen molar-refractivity contribution in [3.05, 3.63) is 22.1 Å². The van der Waals surface area contributed by atoms with E-state index in [0.717, 1.165) is 42.3 Å². The van der Waals surface area contributed by atoms with Gasteiger partial charge < -0.3 is 10.3 Å². The second-order valence-corrected chi connectivity index (χ2v) is 5.39. The van der Waals surface area contributed by atoms with Crippen LogP contribution in [0.2, 0.25) is 0 Å². The molecule has 0 fully saturated rings. The van der Waals surface area contributed by atoms with Gasteiger partial charge in [-0.1, -0.05) is 38.5 Å². The highest BCUT2D eigenvalue weighted by atomic mass is 32.2. The number of hydrogen-bond acceptors (Lipinski definition) is 4. The molecule has 0 aliphatic rings. The van der Waals surface area contributed by atoms with Crippen LogP contribution < -0.4 is 10.9 Å². The Morgan fingerprint density at radius 3 is 2.83 bits per heavy atom. The van der Waals surface area contributed by atoms with E-state index in [4.69, 9.17) is 0 Å². The highest BCUT2D eigenvalue weighted by molar-refractivity contribution is 7.99. The summed E-state index contributed by atoms with van der Waals surface area (Å²) in [4.78, 5) is 18.8. The summed E-state index contributed by atoms with van der Waals surface area (Å²) in [6.45, 7) is 4.27. The van der Waals surface area contributed by atoms with Crippen molar-refractivity contribution in [2.24, 2.45) is 0 Å². The molecule has 1 aromatic rings. The minimum atomic E-state index is -0.0487. The average molecular weight is 269 g/mol. The molecule has 0 saturated carbocycles. The van der Waals surface area contributed by atoms with Gasteiger partial charge in [0.05, 0.1) is 0 Å². The molecule has 0 aromatic carbocycles. The second kappa shape index (κ2) is 8.32. The van der Waals surface area contributed by atoms with E-state index in [9.17, 15) is 4.79 Å². The van der Waals surface area contributed by atoms with Crippen LogP contribution in [0.15, 0.2) is 16.0 Å². The molecule has 1 atom stereocenters. The molecule has 0 spiro atoms. The molecular weight excluding hydrogens is 246 g/mol. The molecule has 1 unspecified atom stereocenters. The Balaban J connectivity index is 2.63. The average Bonchev–Trinajstić information content (AvgIpc) is 2.34. The van der Waals surface area contributed by atoms with Gasteiger partial charge in [-0.05, 0) is 19.9 Å². The Bertz CT molecular complexity index is 405. The topological polar surface area (TPSA) is 57.8 Å². The van der Waals surface area contributed by atoms with E-state index in [1.807, 2.05) is 7.05 Å². The summed E-state index contributed by atoms with van der Waals surface area (Å²) in [7, 11) is 1.98. The summed E-state index contributed by atoms with van der Waals surface area (Å²) >= 11 is 1.62. The summed E-state index contributed by atoms with van der Waals surface area (Å²) < 4.78 is 0. The number of nitrogens with one attached hydrogen (secondary N) is 2. The fraction of sp³-hybridized carbons (Fsp3) is 0.692. The third-order valence-electron chi connectivity index (χ3n) is 2.75. The van der Waals surface area contributed by atoms with Crippen molar-refractivity contribution in [2.45, 2.75) is 50.7 Å². The maximum atomic E-state index is 11.5. The van der Waals surface area contributed by atoms with Crippen LogP contribution in [0.4, 0.5) is 0 Å². The van der Waals surface area contributed by atoms with Crippen molar-refractivity contribution in [3.8, 4) is 0 Å². The summed E-state index contributed by atoms with van der Waals surface area (Å²) in [6, 6.07) is 2.06. The number of aryl methyl sites for hydroxylation is 1. The van der Waals surface area contributed by atoms with Gasteiger partial charge in [0.1, 0.15) is 0 Å². The third-order valence-corrected chi connectivity index (χ3v) is 3.78. The Kier molecular flexibility index (Phi) is 7.05. The lowest BCUT2D eigenvalue weighted by Crippen LogP contribution is -2.27. The van der Waals surface area contributed by atoms with Crippen molar-refractivity contribution in [3.63, 3.8) is 0 Å². The first-order chi connectivity index (χ1) is 8.69. The molecule has 2 N–H and O–H groups in total. The summed E-state index contributed by atoms with van der Waals surface area (Å²) in [6.07, 6.45) is 4.17. The largest absolute Gasteiger partial charge is 0.316 e. The van der Waals surface area contributed by atoms with Crippen LogP contribution in [0.25, 0.3) is 0 Å². The van der Waals surface area contributed by atoms with Gasteiger partial charge in [-0.3, -0.25) is 4.79 Å². The predicted octanol–water partition coefficient (Wildman–Crippen LogP) is 2.20. The van der Waals surface area contributed by atoms with Crippen molar-refractivity contribution < 1.29 is 0 Å². The molecule has 4 nitrogen and oxygen atoms in total. The zero-order chi connectivity index (χ0) is 13.4. The standard InChI is InChI=1S/C13H23N3OS/c1-4-6-10-8-12(17)16-13(15-10)18-9-11(14-3)7-5-2/h8,11,14H,4-7,9H2,1-3H3,(H,15,16,17). The lowest BCUT2D eigenvalue weighted by molar-refractivity contribution is 0.564. The Morgan fingerprint density at radius 1 is 1.44 bits per heavy atom. The number of nitrogens with zero attached hydrogens (tertiary/aromatic N) is 1. The van der Waals surface area contributed by atoms with Crippen LogP contribution in [0.3, 0.4) is 0 Å². The highest BCUT2D eigenvalue weighted by Crippen LogP contribution is 2.15. The minimum Gasteiger partial charge on any atom is -0.316 e. The zero-order valence-corrected chi connectivity index (χ0v) is 12.3. The van der Waals surface area contributed by atoms with E-state index in [0.29, 0.717) is 6.04 Å². The van der Waals surface area contributed by atoms with Gasteiger partial charge in [0.15, 0.2) is 5.16 Å². The summed E-state index contributed by atoms with van der Waals surface area (Å²) in [5.74, 6) is 0.933. The van der Waals surface area contributed by atoms with Crippen LogP contribution in [-0.2, 0) is 6.42 Å². The number of H-pyrrole nitrogens is 1. The van der Waals surface area contributed by atoms with E-state index < -0.39 is 0 Å². The number of rotatable bonds is 8. The van der Waals surface area contributed by atoms with E-state index in [1.165, 1.54) is 0 Å². The first-order valence-corrected chi connectivity index (χ1v) is 7.58. The van der Waals surface area contributed by atoms with Gasteiger partial charge in [0.25, 0.3) is 5.56 Å². The van der Waals surface area contributed by atoms with E-state index >= 15 is 0 Å². The van der Waals surface area contributed by atoms with Crippen LogP contribution in [-0.4, -0.2) is 28.8 Å². The summed E-state index contributed by atoms with van der Waals surface area (Å²) in [5, 5.41) is 4.03. The summed E-state index contributed by atoms with van der Waals surface area (Å²) in [5.41, 5.74) is 0.840. The molecule has 1 heterocycles. The minimum absolute atomic E-state index is 0.0487. The fourth-order valence-corrected chi connectivity index (χ4v) is 2.82. The van der Waals surface area contributed by atoms with E-state index in [2.05, 4.69) is 29.1 Å². The van der Waals surface area contributed by atoms with Gasteiger partial charge in [-0.25, -0.2) is 4.98 Å². The highest BCUT2D eigenvalue weighted by Gasteiger charge is 2.07. The van der Waals surface area contributed by atoms with Crippen molar-refractivity contribution in [1.29, 1.82) is 0 Å². The second-order valence-electron chi connectivity index (χ2n) is 4.38. The Labute approximate surface area is 113 Å². The van der Waals surface area contributed by atoms with Crippen molar-refractivity contribution in [2.75, 3.05) is 12.8 Å². The lowest BCUT2D eigenvalue weighted by atomic mass is 10.2. The molecule has 5 heteroatoms. The van der Waals surface area contributed by atoms with Crippen molar-refractivity contribution in [1.82, 2.24) is 15.3 Å². The molecule has 0 aliphatic heterocycles. The first kappa shape index (κ1) is 15.2. The molecule has 18 heavy (non-hydrogen) atoms. The predicted molar refractivity (Wildman–Crippen MR) is 77.3 cm³/mol. The maximum Gasteiger partial charge on any atom is 0.251 e. The van der Waals surface area contributed by atoms with Crippen LogP contribution in [0, 0.1) is 0 Å². The number of thioether (sulfide) groups is 1. The normalized spacial score (nSPS) is 12.6. The molecule has 0 bridgehead atoms. The lowest BCUT2D eigenvalue weighted by Gasteiger charge is -2.14. The molecule has 102 valence electrons. The molecule has 1 aromatic heterocycles. The van der Waals surface area contributed by atoms with Crippen LogP contribution in [0.5, 0.6) is 0 Å². The Morgan fingerprint density at radius 2 is 2.22 bits per heavy atom. The molecular formula is C13H23N3OS. The smallest absolute Gasteiger partial charge is 0.251 e. The zero-order valence-electron chi connectivity index (χ0n) is 11.5. The van der Waals surface area contributed by atoms with Gasteiger partial charge in [0.2, 0.25) is 0 Å². The fourth-order valence-electron chi connectivity index (χ4n) is 1.78. The molecule has 0 amide bonds. The van der Waals surface area contributed by atoms with E-state index in [1.54, 1.807) is 17.8 Å².